The van der Waals surface area contributed by atoms with Crippen molar-refractivity contribution in [3.8, 4) is 0 Å². The Bertz CT molecular complexity index is 261. The Morgan fingerprint density at radius 1 is 1.16 bits per heavy atom. The summed E-state index contributed by atoms with van der Waals surface area (Å²) >= 11 is 3.82. The molecule has 112 valence electrons. The molecule has 2 aliphatic rings. The number of likely N-dealkylation sites (tertiary alicyclic amines) is 1. The second-order valence-electron chi connectivity index (χ2n) is 7.02. The van der Waals surface area contributed by atoms with Crippen molar-refractivity contribution >= 4 is 15.9 Å². The molecule has 2 rings (SSSR count). The second kappa shape index (κ2) is 7.42. The first-order valence-corrected chi connectivity index (χ1v) is 9.22. The highest BCUT2D eigenvalue weighted by molar-refractivity contribution is 9.09. The summed E-state index contributed by atoms with van der Waals surface area (Å²) in [7, 11) is 4.62. The summed E-state index contributed by atoms with van der Waals surface area (Å²) in [6, 6.07) is 0.795. The van der Waals surface area contributed by atoms with E-state index < -0.39 is 0 Å². The third-order valence-electron chi connectivity index (χ3n) is 5.25. The van der Waals surface area contributed by atoms with E-state index in [1.54, 1.807) is 0 Å². The molecule has 0 aromatic heterocycles. The predicted molar refractivity (Wildman–Crippen MR) is 87.1 cm³/mol. The van der Waals surface area contributed by atoms with Crippen LogP contribution in [0.25, 0.3) is 0 Å². The van der Waals surface area contributed by atoms with Crippen LogP contribution >= 0.6 is 15.9 Å². The maximum atomic E-state index is 3.82. The van der Waals surface area contributed by atoms with Crippen LogP contribution in [0, 0.1) is 5.41 Å². The van der Waals surface area contributed by atoms with Gasteiger partial charge in [-0.15, -0.1) is 0 Å². The van der Waals surface area contributed by atoms with Crippen LogP contribution in [-0.2, 0) is 0 Å². The fourth-order valence-corrected chi connectivity index (χ4v) is 4.76. The molecule has 19 heavy (non-hydrogen) atoms. The van der Waals surface area contributed by atoms with E-state index >= 15 is 0 Å². The minimum Gasteiger partial charge on any atom is -0.304 e. The number of hydrogen-bond donors (Lipinski definition) is 0. The Balaban J connectivity index is 1.86. The molecule has 1 saturated carbocycles. The minimum atomic E-state index is 0.544. The van der Waals surface area contributed by atoms with Gasteiger partial charge in [0.1, 0.15) is 0 Å². The molecule has 0 N–H and O–H groups in total. The third kappa shape index (κ3) is 4.44. The first-order chi connectivity index (χ1) is 9.15. The lowest BCUT2D eigenvalue weighted by atomic mass is 9.82. The zero-order chi connectivity index (χ0) is 13.7. The van der Waals surface area contributed by atoms with E-state index in [1.807, 2.05) is 0 Å². The highest BCUT2D eigenvalue weighted by Gasteiger charge is 2.32. The molecule has 0 amide bonds. The van der Waals surface area contributed by atoms with Gasteiger partial charge in [0, 0.05) is 24.5 Å². The Morgan fingerprint density at radius 3 is 2.37 bits per heavy atom. The molecule has 1 atom stereocenters. The summed E-state index contributed by atoms with van der Waals surface area (Å²) in [6.07, 6.45) is 11.4. The van der Waals surface area contributed by atoms with Crippen molar-refractivity contribution in [1.82, 2.24) is 9.80 Å². The number of halogens is 1. The zero-order valence-corrected chi connectivity index (χ0v) is 14.4. The van der Waals surface area contributed by atoms with Gasteiger partial charge in [0.2, 0.25) is 0 Å². The van der Waals surface area contributed by atoms with Gasteiger partial charge in [-0.2, -0.15) is 0 Å². The van der Waals surface area contributed by atoms with Gasteiger partial charge >= 0.3 is 0 Å². The SMILES string of the molecule is CN(CC1CCCN1C)CC1(CBr)CCCCCC1. The van der Waals surface area contributed by atoms with Crippen molar-refractivity contribution in [2.75, 3.05) is 39.1 Å². The average molecular weight is 331 g/mol. The van der Waals surface area contributed by atoms with Crippen LogP contribution in [0.1, 0.15) is 51.4 Å². The van der Waals surface area contributed by atoms with Crippen LogP contribution in [0.4, 0.5) is 0 Å². The zero-order valence-electron chi connectivity index (χ0n) is 12.8. The fourth-order valence-electron chi connectivity index (χ4n) is 4.02. The third-order valence-corrected chi connectivity index (χ3v) is 6.44. The van der Waals surface area contributed by atoms with Gasteiger partial charge in [-0.1, -0.05) is 41.6 Å². The lowest BCUT2D eigenvalue weighted by molar-refractivity contribution is 0.145. The predicted octanol–water partition coefficient (Wildman–Crippen LogP) is 3.75. The van der Waals surface area contributed by atoms with Gasteiger partial charge < -0.3 is 9.80 Å². The summed E-state index contributed by atoms with van der Waals surface area (Å²) < 4.78 is 0. The van der Waals surface area contributed by atoms with Gasteiger partial charge in [-0.25, -0.2) is 0 Å². The number of hydrogen-bond acceptors (Lipinski definition) is 2. The summed E-state index contributed by atoms with van der Waals surface area (Å²) in [5.41, 5.74) is 0.544. The fraction of sp³-hybridized carbons (Fsp3) is 1.00. The summed E-state index contributed by atoms with van der Waals surface area (Å²) in [5, 5.41) is 1.19. The highest BCUT2D eigenvalue weighted by Crippen LogP contribution is 2.37. The molecule has 1 aliphatic carbocycles. The molecule has 0 aromatic rings. The lowest BCUT2D eigenvalue weighted by Crippen LogP contribution is -2.42. The first-order valence-electron chi connectivity index (χ1n) is 8.10. The van der Waals surface area contributed by atoms with Crippen molar-refractivity contribution in [2.24, 2.45) is 5.41 Å². The van der Waals surface area contributed by atoms with E-state index in [1.165, 1.54) is 76.3 Å². The minimum absolute atomic E-state index is 0.544. The van der Waals surface area contributed by atoms with Crippen molar-refractivity contribution < 1.29 is 0 Å². The van der Waals surface area contributed by atoms with E-state index in [9.17, 15) is 0 Å². The smallest absolute Gasteiger partial charge is 0.0220 e. The van der Waals surface area contributed by atoms with Crippen LogP contribution in [0.15, 0.2) is 0 Å². The van der Waals surface area contributed by atoms with E-state index in [2.05, 4.69) is 39.8 Å². The molecule has 3 heteroatoms. The monoisotopic (exact) mass is 330 g/mol. The largest absolute Gasteiger partial charge is 0.304 e. The quantitative estimate of drug-likeness (QED) is 0.559. The maximum Gasteiger partial charge on any atom is 0.0220 e. The molecular weight excluding hydrogens is 300 g/mol. The molecular formula is C16H31BrN2. The normalized spacial score (nSPS) is 28.7. The molecule has 0 bridgehead atoms. The van der Waals surface area contributed by atoms with Crippen LogP contribution in [0.3, 0.4) is 0 Å². The summed E-state index contributed by atoms with van der Waals surface area (Å²) in [4.78, 5) is 5.16. The molecule has 0 aromatic carbocycles. The molecule has 1 unspecified atom stereocenters. The standard InChI is InChI=1S/C16H31BrN2/c1-18(12-15-8-7-11-19(15)2)14-16(13-17)9-5-3-4-6-10-16/h15H,3-14H2,1-2H3. The van der Waals surface area contributed by atoms with E-state index in [0.29, 0.717) is 5.41 Å². The van der Waals surface area contributed by atoms with Crippen molar-refractivity contribution in [3.05, 3.63) is 0 Å². The van der Waals surface area contributed by atoms with Crippen LogP contribution in [0.5, 0.6) is 0 Å². The van der Waals surface area contributed by atoms with E-state index in [4.69, 9.17) is 0 Å². The van der Waals surface area contributed by atoms with Crippen LogP contribution in [0.2, 0.25) is 0 Å². The lowest BCUT2D eigenvalue weighted by Gasteiger charge is -2.37. The topological polar surface area (TPSA) is 6.48 Å². The highest BCUT2D eigenvalue weighted by atomic mass is 79.9. The first kappa shape index (κ1) is 15.8. The summed E-state index contributed by atoms with van der Waals surface area (Å²) in [5.74, 6) is 0. The molecule has 0 radical (unpaired) electrons. The van der Waals surface area contributed by atoms with E-state index in [0.717, 1.165) is 6.04 Å². The van der Waals surface area contributed by atoms with Gasteiger partial charge in [0.05, 0.1) is 0 Å². The maximum absolute atomic E-state index is 3.82. The number of likely N-dealkylation sites (N-methyl/N-ethyl adjacent to an activating group) is 2. The van der Waals surface area contributed by atoms with Crippen molar-refractivity contribution in [1.29, 1.82) is 0 Å². The molecule has 1 heterocycles. The number of alkyl halides is 1. The molecule has 2 nitrogen and oxygen atoms in total. The Kier molecular flexibility index (Phi) is 6.16. The van der Waals surface area contributed by atoms with Gasteiger partial charge in [-0.05, 0) is 51.7 Å². The summed E-state index contributed by atoms with van der Waals surface area (Å²) in [6.45, 7) is 3.83. The van der Waals surface area contributed by atoms with Gasteiger partial charge in [0.25, 0.3) is 0 Å². The van der Waals surface area contributed by atoms with Gasteiger partial charge in [-0.3, -0.25) is 0 Å². The van der Waals surface area contributed by atoms with Crippen molar-refractivity contribution in [2.45, 2.75) is 57.4 Å². The Hall–Kier alpha value is 0.400. The molecule has 1 saturated heterocycles. The molecule has 1 aliphatic heterocycles. The second-order valence-corrected chi connectivity index (χ2v) is 7.58. The number of rotatable bonds is 5. The van der Waals surface area contributed by atoms with Gasteiger partial charge in [0.15, 0.2) is 0 Å². The van der Waals surface area contributed by atoms with Crippen molar-refractivity contribution in [3.63, 3.8) is 0 Å². The van der Waals surface area contributed by atoms with E-state index in [-0.39, 0.29) is 0 Å². The molecule has 2 fully saturated rings. The Morgan fingerprint density at radius 2 is 1.84 bits per heavy atom. The van der Waals surface area contributed by atoms with Crippen LogP contribution < -0.4 is 0 Å². The van der Waals surface area contributed by atoms with Crippen LogP contribution in [-0.4, -0.2) is 54.9 Å². The Labute approximate surface area is 128 Å². The molecule has 0 spiro atoms. The average Bonchev–Trinajstić information content (AvgIpc) is 2.66. The number of nitrogens with zero attached hydrogens (tertiary/aromatic N) is 2.